The van der Waals surface area contributed by atoms with Crippen LogP contribution < -0.4 is 4.74 Å². The molecule has 0 bridgehead atoms. The Morgan fingerprint density at radius 3 is 2.57 bits per heavy atom. The summed E-state index contributed by atoms with van der Waals surface area (Å²) in [6, 6.07) is 8.04. The van der Waals surface area contributed by atoms with Crippen molar-refractivity contribution in [1.29, 1.82) is 0 Å². The molecule has 0 aliphatic heterocycles. The summed E-state index contributed by atoms with van der Waals surface area (Å²) in [5, 5.41) is 0. The summed E-state index contributed by atoms with van der Waals surface area (Å²) in [4.78, 5) is 0. The topological polar surface area (TPSA) is 18.5 Å². The molecule has 0 fully saturated rings. The molecule has 23 heavy (non-hydrogen) atoms. The van der Waals surface area contributed by atoms with E-state index in [0.717, 1.165) is 5.75 Å². The van der Waals surface area contributed by atoms with Gasteiger partial charge in [-0.1, -0.05) is 49.8 Å². The van der Waals surface area contributed by atoms with Gasteiger partial charge < -0.3 is 9.47 Å². The molecule has 126 valence electrons. The SMILES string of the molecule is COc1ccc(COC(C)C=CC2C(C)=CCCC2(C)C)cc1. The van der Waals surface area contributed by atoms with E-state index in [1.165, 1.54) is 24.0 Å². The minimum absolute atomic E-state index is 0.114. The number of ether oxygens (including phenoxy) is 2. The van der Waals surface area contributed by atoms with Crippen molar-refractivity contribution in [3.8, 4) is 5.75 Å². The Kier molecular flexibility index (Phi) is 6.06. The van der Waals surface area contributed by atoms with Crippen LogP contribution in [0, 0.1) is 11.3 Å². The Labute approximate surface area is 141 Å². The summed E-state index contributed by atoms with van der Waals surface area (Å²) >= 11 is 0. The number of benzene rings is 1. The van der Waals surface area contributed by atoms with Gasteiger partial charge in [0.1, 0.15) is 5.75 Å². The number of hydrogen-bond donors (Lipinski definition) is 0. The molecule has 2 heteroatoms. The van der Waals surface area contributed by atoms with Gasteiger partial charge in [0, 0.05) is 5.92 Å². The first-order valence-corrected chi connectivity index (χ1v) is 8.52. The Morgan fingerprint density at radius 2 is 1.96 bits per heavy atom. The molecule has 0 saturated carbocycles. The molecule has 2 nitrogen and oxygen atoms in total. The minimum Gasteiger partial charge on any atom is -0.497 e. The Hall–Kier alpha value is -1.54. The van der Waals surface area contributed by atoms with Crippen molar-refractivity contribution in [1.82, 2.24) is 0 Å². The van der Waals surface area contributed by atoms with Gasteiger partial charge in [-0.2, -0.15) is 0 Å². The summed E-state index contributed by atoms with van der Waals surface area (Å²) < 4.78 is 11.1. The highest BCUT2D eigenvalue weighted by molar-refractivity contribution is 5.26. The maximum Gasteiger partial charge on any atom is 0.118 e. The molecule has 0 aromatic heterocycles. The van der Waals surface area contributed by atoms with Gasteiger partial charge in [-0.3, -0.25) is 0 Å². The third-order valence-electron chi connectivity index (χ3n) is 4.83. The summed E-state index contributed by atoms with van der Waals surface area (Å²) in [5.74, 6) is 1.40. The first kappa shape index (κ1) is 17.8. The highest BCUT2D eigenvalue weighted by Crippen LogP contribution is 2.41. The Bertz CT molecular complexity index is 552. The van der Waals surface area contributed by atoms with Crippen molar-refractivity contribution in [2.45, 2.75) is 53.2 Å². The Morgan fingerprint density at radius 1 is 1.26 bits per heavy atom. The van der Waals surface area contributed by atoms with Crippen LogP contribution in [0.1, 0.15) is 46.1 Å². The quantitative estimate of drug-likeness (QED) is 0.642. The van der Waals surface area contributed by atoms with E-state index >= 15 is 0 Å². The smallest absolute Gasteiger partial charge is 0.118 e. The average Bonchev–Trinajstić information content (AvgIpc) is 2.52. The number of rotatable bonds is 6. The second-order valence-electron chi connectivity index (χ2n) is 7.20. The minimum atomic E-state index is 0.114. The van der Waals surface area contributed by atoms with E-state index in [-0.39, 0.29) is 6.10 Å². The molecule has 1 aliphatic carbocycles. The van der Waals surface area contributed by atoms with Crippen molar-refractivity contribution >= 4 is 0 Å². The molecule has 0 radical (unpaired) electrons. The van der Waals surface area contributed by atoms with Crippen molar-refractivity contribution in [2.24, 2.45) is 11.3 Å². The van der Waals surface area contributed by atoms with E-state index in [4.69, 9.17) is 9.47 Å². The number of methoxy groups -OCH3 is 1. The second-order valence-corrected chi connectivity index (χ2v) is 7.20. The maximum absolute atomic E-state index is 5.95. The van der Waals surface area contributed by atoms with Gasteiger partial charge in [0.15, 0.2) is 0 Å². The molecule has 0 saturated heterocycles. The maximum atomic E-state index is 5.95. The van der Waals surface area contributed by atoms with Crippen LogP contribution in [0.5, 0.6) is 5.75 Å². The van der Waals surface area contributed by atoms with Crippen LogP contribution >= 0.6 is 0 Å². The lowest BCUT2D eigenvalue weighted by Crippen LogP contribution is -2.26. The van der Waals surface area contributed by atoms with E-state index < -0.39 is 0 Å². The summed E-state index contributed by atoms with van der Waals surface area (Å²) in [7, 11) is 1.68. The van der Waals surface area contributed by atoms with Crippen LogP contribution in [-0.4, -0.2) is 13.2 Å². The van der Waals surface area contributed by atoms with Gasteiger partial charge in [-0.25, -0.2) is 0 Å². The predicted octanol–water partition coefficient (Wildman–Crippen LogP) is 5.54. The third kappa shape index (κ3) is 4.97. The molecule has 0 N–H and O–H groups in total. The van der Waals surface area contributed by atoms with Crippen LogP contribution in [0.25, 0.3) is 0 Å². The predicted molar refractivity (Wildman–Crippen MR) is 96.6 cm³/mol. The fourth-order valence-electron chi connectivity index (χ4n) is 3.26. The van der Waals surface area contributed by atoms with E-state index in [1.54, 1.807) is 7.11 Å². The molecule has 0 amide bonds. The first-order valence-electron chi connectivity index (χ1n) is 8.52. The van der Waals surface area contributed by atoms with Crippen molar-refractivity contribution in [3.05, 3.63) is 53.6 Å². The van der Waals surface area contributed by atoms with Gasteiger partial charge in [-0.05, 0) is 49.8 Å². The van der Waals surface area contributed by atoms with Crippen LogP contribution in [-0.2, 0) is 11.3 Å². The largest absolute Gasteiger partial charge is 0.497 e. The summed E-state index contributed by atoms with van der Waals surface area (Å²) in [5.41, 5.74) is 2.99. The van der Waals surface area contributed by atoms with E-state index in [0.29, 0.717) is 17.9 Å². The molecule has 2 atom stereocenters. The van der Waals surface area contributed by atoms with Crippen molar-refractivity contribution < 1.29 is 9.47 Å². The number of allylic oxidation sites excluding steroid dienone is 3. The zero-order valence-electron chi connectivity index (χ0n) is 15.1. The molecule has 2 unspecified atom stereocenters. The van der Waals surface area contributed by atoms with Crippen LogP contribution in [0.3, 0.4) is 0 Å². The molecule has 0 heterocycles. The second kappa shape index (κ2) is 7.83. The van der Waals surface area contributed by atoms with Gasteiger partial charge in [0.2, 0.25) is 0 Å². The summed E-state index contributed by atoms with van der Waals surface area (Å²) in [6.45, 7) is 9.70. The lowest BCUT2D eigenvalue weighted by molar-refractivity contribution is 0.0833. The van der Waals surface area contributed by atoms with Crippen molar-refractivity contribution in [3.63, 3.8) is 0 Å². The lowest BCUT2D eigenvalue weighted by Gasteiger charge is -2.36. The summed E-state index contributed by atoms with van der Waals surface area (Å²) in [6.07, 6.45) is 9.49. The van der Waals surface area contributed by atoms with Crippen LogP contribution in [0.15, 0.2) is 48.1 Å². The molecular weight excluding hydrogens is 284 g/mol. The highest BCUT2D eigenvalue weighted by Gasteiger charge is 2.30. The third-order valence-corrected chi connectivity index (χ3v) is 4.83. The van der Waals surface area contributed by atoms with Crippen LogP contribution in [0.2, 0.25) is 0 Å². The van der Waals surface area contributed by atoms with E-state index in [2.05, 4.69) is 45.9 Å². The average molecular weight is 314 g/mol. The standard InChI is InChI=1S/C21H30O2/c1-16-7-6-14-21(3,4)20(16)13-8-17(2)23-15-18-9-11-19(22-5)12-10-18/h7-13,17,20H,6,14-15H2,1-5H3. The molecule has 1 aliphatic rings. The van der Waals surface area contributed by atoms with Crippen molar-refractivity contribution in [2.75, 3.05) is 7.11 Å². The van der Waals surface area contributed by atoms with E-state index in [1.807, 2.05) is 24.3 Å². The molecule has 1 aromatic rings. The Balaban J connectivity index is 1.89. The lowest BCUT2D eigenvalue weighted by atomic mass is 9.68. The highest BCUT2D eigenvalue weighted by atomic mass is 16.5. The fourth-order valence-corrected chi connectivity index (χ4v) is 3.26. The number of hydrogen-bond acceptors (Lipinski definition) is 2. The van der Waals surface area contributed by atoms with Crippen LogP contribution in [0.4, 0.5) is 0 Å². The molecular formula is C21H30O2. The van der Waals surface area contributed by atoms with E-state index in [9.17, 15) is 0 Å². The zero-order chi connectivity index (χ0) is 16.9. The van der Waals surface area contributed by atoms with Gasteiger partial charge in [0.05, 0.1) is 19.8 Å². The monoisotopic (exact) mass is 314 g/mol. The molecule has 2 rings (SSSR count). The molecule has 0 spiro atoms. The first-order chi connectivity index (χ1) is 10.9. The fraction of sp³-hybridized carbons (Fsp3) is 0.524. The van der Waals surface area contributed by atoms with Gasteiger partial charge in [-0.15, -0.1) is 0 Å². The zero-order valence-corrected chi connectivity index (χ0v) is 15.1. The van der Waals surface area contributed by atoms with Gasteiger partial charge >= 0.3 is 0 Å². The normalized spacial score (nSPS) is 22.0. The molecule has 1 aromatic carbocycles. The van der Waals surface area contributed by atoms with Gasteiger partial charge in [0.25, 0.3) is 0 Å².